The number of carbonyl (C=O) groups is 2. The number of anilines is 1. The van der Waals surface area contributed by atoms with E-state index in [-0.39, 0.29) is 29.5 Å². The molecule has 29 heavy (non-hydrogen) atoms. The monoisotopic (exact) mass is 398 g/mol. The third-order valence-corrected chi connectivity index (χ3v) is 5.71. The summed E-state index contributed by atoms with van der Waals surface area (Å²) in [5.74, 6) is 0.978. The zero-order chi connectivity index (χ0) is 20.1. The fraction of sp³-hybridized carbons (Fsp3) is 0.550. The molecule has 2 fully saturated rings. The summed E-state index contributed by atoms with van der Waals surface area (Å²) in [7, 11) is 0. The molecule has 0 atom stereocenters. The van der Waals surface area contributed by atoms with Gasteiger partial charge in [0, 0.05) is 50.5 Å². The van der Waals surface area contributed by atoms with E-state index in [2.05, 4.69) is 25.2 Å². The molecule has 1 saturated carbocycles. The summed E-state index contributed by atoms with van der Waals surface area (Å²) < 4.78 is 5.03. The highest BCUT2D eigenvalue weighted by Gasteiger charge is 2.31. The minimum absolute atomic E-state index is 0.0351. The number of carbonyl (C=O) groups excluding carboxylic acids is 2. The number of hydrogen-bond donors (Lipinski definition) is 1. The van der Waals surface area contributed by atoms with E-state index in [4.69, 9.17) is 4.42 Å². The topological polar surface area (TPSA) is 104 Å². The highest BCUT2D eigenvalue weighted by Crippen LogP contribution is 2.27. The first kappa shape index (κ1) is 19.4. The molecule has 0 aromatic carbocycles. The van der Waals surface area contributed by atoms with Gasteiger partial charge in [-0.2, -0.15) is 0 Å². The molecule has 1 aliphatic heterocycles. The van der Waals surface area contributed by atoms with Gasteiger partial charge in [0.1, 0.15) is 0 Å². The van der Waals surface area contributed by atoms with Gasteiger partial charge in [-0.1, -0.05) is 0 Å². The van der Waals surface area contributed by atoms with E-state index in [0.717, 1.165) is 57.7 Å². The minimum Gasteiger partial charge on any atom is -0.438 e. The molecule has 0 spiro atoms. The summed E-state index contributed by atoms with van der Waals surface area (Å²) in [5, 5.41) is 2.98. The maximum atomic E-state index is 13.0. The molecule has 2 aromatic rings. The molecule has 9 nitrogen and oxygen atoms in total. The van der Waals surface area contributed by atoms with Crippen molar-refractivity contribution in [2.24, 2.45) is 5.92 Å². The third kappa shape index (κ3) is 4.72. The quantitative estimate of drug-likeness (QED) is 0.832. The van der Waals surface area contributed by atoms with E-state index in [0.29, 0.717) is 6.54 Å². The highest BCUT2D eigenvalue weighted by molar-refractivity contribution is 5.91. The number of hydrogen-bond acceptors (Lipinski definition) is 7. The fourth-order valence-electron chi connectivity index (χ4n) is 4.12. The van der Waals surface area contributed by atoms with E-state index in [1.165, 1.54) is 12.6 Å². The lowest BCUT2D eigenvalue weighted by atomic mass is 9.85. The first-order chi connectivity index (χ1) is 14.2. The molecule has 2 aliphatic rings. The SMILES string of the molecule is O=C(NC1CCC(C(=O)N2CCCN(c3ncccn3)CC2)CC1)c1cnco1. The minimum atomic E-state index is -0.243. The molecule has 2 aromatic heterocycles. The van der Waals surface area contributed by atoms with Gasteiger partial charge < -0.3 is 19.5 Å². The lowest BCUT2D eigenvalue weighted by molar-refractivity contribution is -0.136. The molecule has 1 aliphatic carbocycles. The van der Waals surface area contributed by atoms with Crippen molar-refractivity contribution in [3.05, 3.63) is 36.8 Å². The van der Waals surface area contributed by atoms with Crippen LogP contribution in [0.1, 0.15) is 42.7 Å². The Hall–Kier alpha value is -2.97. The fourth-order valence-corrected chi connectivity index (χ4v) is 4.12. The van der Waals surface area contributed by atoms with Gasteiger partial charge in [0.25, 0.3) is 5.91 Å². The van der Waals surface area contributed by atoms with Crippen LogP contribution < -0.4 is 10.2 Å². The van der Waals surface area contributed by atoms with Crippen molar-refractivity contribution < 1.29 is 14.0 Å². The van der Waals surface area contributed by atoms with Crippen LogP contribution in [0.15, 0.2) is 35.5 Å². The van der Waals surface area contributed by atoms with Crippen LogP contribution >= 0.6 is 0 Å². The number of oxazole rings is 1. The molecule has 1 N–H and O–H groups in total. The maximum Gasteiger partial charge on any atom is 0.288 e. The summed E-state index contributed by atoms with van der Waals surface area (Å²) in [6.07, 6.45) is 10.2. The Morgan fingerprint density at radius 1 is 1.03 bits per heavy atom. The van der Waals surface area contributed by atoms with Gasteiger partial charge in [0.15, 0.2) is 6.39 Å². The van der Waals surface area contributed by atoms with Crippen LogP contribution in [0.3, 0.4) is 0 Å². The molecule has 0 radical (unpaired) electrons. The van der Waals surface area contributed by atoms with Gasteiger partial charge in [-0.25, -0.2) is 15.0 Å². The predicted molar refractivity (Wildman–Crippen MR) is 105 cm³/mol. The first-order valence-corrected chi connectivity index (χ1v) is 10.2. The first-order valence-electron chi connectivity index (χ1n) is 10.2. The normalized spacial score (nSPS) is 22.8. The Morgan fingerprint density at radius 3 is 2.55 bits per heavy atom. The van der Waals surface area contributed by atoms with Crippen molar-refractivity contribution in [3.8, 4) is 0 Å². The van der Waals surface area contributed by atoms with Crippen molar-refractivity contribution in [1.29, 1.82) is 0 Å². The largest absolute Gasteiger partial charge is 0.438 e. The van der Waals surface area contributed by atoms with Gasteiger partial charge in [-0.3, -0.25) is 9.59 Å². The van der Waals surface area contributed by atoms with Crippen molar-refractivity contribution in [2.45, 2.75) is 38.1 Å². The number of nitrogens with zero attached hydrogens (tertiary/aromatic N) is 5. The van der Waals surface area contributed by atoms with Gasteiger partial charge >= 0.3 is 0 Å². The van der Waals surface area contributed by atoms with Crippen molar-refractivity contribution >= 4 is 17.8 Å². The lowest BCUT2D eigenvalue weighted by Gasteiger charge is -2.32. The van der Waals surface area contributed by atoms with Crippen molar-refractivity contribution in [2.75, 3.05) is 31.1 Å². The van der Waals surface area contributed by atoms with E-state index in [1.807, 2.05) is 4.90 Å². The zero-order valence-electron chi connectivity index (χ0n) is 16.4. The number of aromatic nitrogens is 3. The molecule has 3 heterocycles. The summed E-state index contributed by atoms with van der Waals surface area (Å²) >= 11 is 0. The smallest absolute Gasteiger partial charge is 0.288 e. The lowest BCUT2D eigenvalue weighted by Crippen LogP contribution is -2.43. The van der Waals surface area contributed by atoms with Gasteiger partial charge in [-0.15, -0.1) is 0 Å². The van der Waals surface area contributed by atoms with Crippen LogP contribution in [0, 0.1) is 5.92 Å². The maximum absolute atomic E-state index is 13.0. The number of amides is 2. The Kier molecular flexibility index (Phi) is 6.02. The van der Waals surface area contributed by atoms with Crippen LogP contribution in [-0.2, 0) is 4.79 Å². The molecule has 0 unspecified atom stereocenters. The number of nitrogens with one attached hydrogen (secondary N) is 1. The molecule has 2 amide bonds. The molecular formula is C20H26N6O3. The molecule has 9 heteroatoms. The second kappa shape index (κ2) is 9.02. The zero-order valence-corrected chi connectivity index (χ0v) is 16.4. The van der Waals surface area contributed by atoms with E-state index >= 15 is 0 Å². The average Bonchev–Trinajstić information content (AvgIpc) is 3.19. The molecule has 1 saturated heterocycles. The Bertz CT molecular complexity index is 805. The van der Waals surface area contributed by atoms with E-state index < -0.39 is 0 Å². The Balaban J connectivity index is 1.25. The average molecular weight is 398 g/mol. The second-order valence-electron chi connectivity index (χ2n) is 7.60. The van der Waals surface area contributed by atoms with Gasteiger partial charge in [0.05, 0.1) is 6.20 Å². The summed E-state index contributed by atoms with van der Waals surface area (Å²) in [5.41, 5.74) is 0. The summed E-state index contributed by atoms with van der Waals surface area (Å²) in [6.45, 7) is 3.07. The Morgan fingerprint density at radius 2 is 1.83 bits per heavy atom. The van der Waals surface area contributed by atoms with Crippen LogP contribution in [0.2, 0.25) is 0 Å². The summed E-state index contributed by atoms with van der Waals surface area (Å²) in [4.78, 5) is 41.7. The van der Waals surface area contributed by atoms with Gasteiger partial charge in [-0.05, 0) is 38.2 Å². The van der Waals surface area contributed by atoms with Crippen LogP contribution in [0.4, 0.5) is 5.95 Å². The third-order valence-electron chi connectivity index (χ3n) is 5.71. The van der Waals surface area contributed by atoms with Crippen LogP contribution in [-0.4, -0.2) is 63.9 Å². The van der Waals surface area contributed by atoms with Crippen LogP contribution in [0.5, 0.6) is 0 Å². The predicted octanol–water partition coefficient (Wildman–Crippen LogP) is 1.49. The summed E-state index contributed by atoms with van der Waals surface area (Å²) in [6, 6.07) is 1.88. The standard InChI is InChI=1S/C20H26N6O3/c27-18(17-13-21-14-29-17)24-16-5-3-15(4-6-16)19(28)25-9-2-10-26(12-11-25)20-22-7-1-8-23-20/h1,7-8,13-16H,2-6,9-12H2,(H,24,27). The molecule has 154 valence electrons. The second-order valence-corrected chi connectivity index (χ2v) is 7.60. The van der Waals surface area contributed by atoms with Crippen LogP contribution in [0.25, 0.3) is 0 Å². The van der Waals surface area contributed by atoms with Gasteiger partial charge in [0.2, 0.25) is 17.6 Å². The van der Waals surface area contributed by atoms with Crippen molar-refractivity contribution in [1.82, 2.24) is 25.2 Å². The highest BCUT2D eigenvalue weighted by atomic mass is 16.3. The van der Waals surface area contributed by atoms with E-state index in [1.54, 1.807) is 18.5 Å². The molecule has 0 bridgehead atoms. The number of rotatable bonds is 4. The Labute approximate surface area is 169 Å². The molecular weight excluding hydrogens is 372 g/mol. The van der Waals surface area contributed by atoms with Crippen molar-refractivity contribution in [3.63, 3.8) is 0 Å². The molecule has 4 rings (SSSR count). The van der Waals surface area contributed by atoms with E-state index in [9.17, 15) is 9.59 Å².